The number of rotatable bonds is 4. The molecule has 0 spiro atoms. The highest BCUT2D eigenvalue weighted by Gasteiger charge is 2.37. The first-order chi connectivity index (χ1) is 13.6. The first kappa shape index (κ1) is 18.6. The van der Waals surface area contributed by atoms with Crippen molar-refractivity contribution >= 4 is 23.2 Å². The van der Waals surface area contributed by atoms with Crippen LogP contribution in [-0.2, 0) is 9.53 Å². The summed E-state index contributed by atoms with van der Waals surface area (Å²) in [5.41, 5.74) is 1.43. The molecule has 0 aliphatic carbocycles. The Kier molecular flexibility index (Phi) is 5.36. The van der Waals surface area contributed by atoms with Gasteiger partial charge in [-0.3, -0.25) is 4.79 Å². The largest absolute Gasteiger partial charge is 0.391 e. The second-order valence-electron chi connectivity index (χ2n) is 7.02. The molecule has 0 saturated carbocycles. The minimum absolute atomic E-state index is 0.181. The van der Waals surface area contributed by atoms with E-state index in [0.29, 0.717) is 37.7 Å². The summed E-state index contributed by atoms with van der Waals surface area (Å²) >= 11 is 0. The number of nitrogens with one attached hydrogen (secondary N) is 1. The third-order valence-corrected chi connectivity index (χ3v) is 5.11. The number of hydrogen-bond donors (Lipinski definition) is 2. The van der Waals surface area contributed by atoms with Gasteiger partial charge in [-0.25, -0.2) is 15.0 Å². The van der Waals surface area contributed by atoms with Crippen LogP contribution in [0, 0.1) is 6.92 Å². The Labute approximate surface area is 163 Å². The number of aromatic nitrogens is 3. The van der Waals surface area contributed by atoms with Gasteiger partial charge in [0, 0.05) is 32.3 Å². The fourth-order valence-corrected chi connectivity index (χ4v) is 3.63. The molecule has 0 aromatic carbocycles. The van der Waals surface area contributed by atoms with Crippen LogP contribution in [0.25, 0.3) is 0 Å². The van der Waals surface area contributed by atoms with E-state index in [2.05, 4.69) is 25.2 Å². The molecule has 2 fully saturated rings. The van der Waals surface area contributed by atoms with E-state index < -0.39 is 12.1 Å². The normalized spacial score (nSPS) is 22.4. The average Bonchev–Trinajstić information content (AvgIpc) is 3.13. The smallest absolute Gasteiger partial charge is 0.247 e. The van der Waals surface area contributed by atoms with Gasteiger partial charge in [-0.1, -0.05) is 0 Å². The predicted molar refractivity (Wildman–Crippen MR) is 104 cm³/mol. The van der Waals surface area contributed by atoms with E-state index in [1.807, 2.05) is 24.0 Å². The third kappa shape index (κ3) is 3.90. The van der Waals surface area contributed by atoms with Crippen molar-refractivity contribution in [3.8, 4) is 0 Å². The minimum atomic E-state index is -0.575. The predicted octanol–water partition coefficient (Wildman–Crippen LogP) is 0.595. The molecule has 2 aromatic heterocycles. The lowest BCUT2D eigenvalue weighted by Crippen LogP contribution is -2.40. The number of ether oxygens (including phenoxy) is 1. The first-order valence-electron chi connectivity index (χ1n) is 9.44. The van der Waals surface area contributed by atoms with Gasteiger partial charge < -0.3 is 25.0 Å². The summed E-state index contributed by atoms with van der Waals surface area (Å²) in [7, 11) is 0. The summed E-state index contributed by atoms with van der Waals surface area (Å²) in [6, 6.07) is 5.04. The molecule has 2 unspecified atom stereocenters. The summed E-state index contributed by atoms with van der Waals surface area (Å²) < 4.78 is 5.38. The number of morpholine rings is 1. The van der Waals surface area contributed by atoms with E-state index in [-0.39, 0.29) is 5.91 Å². The molecule has 28 heavy (non-hydrogen) atoms. The van der Waals surface area contributed by atoms with E-state index in [1.165, 1.54) is 6.33 Å². The van der Waals surface area contributed by atoms with Gasteiger partial charge in [-0.2, -0.15) is 0 Å². The Bertz CT molecular complexity index is 828. The van der Waals surface area contributed by atoms with Gasteiger partial charge in [-0.15, -0.1) is 0 Å². The van der Waals surface area contributed by atoms with Crippen molar-refractivity contribution in [2.45, 2.75) is 25.5 Å². The van der Waals surface area contributed by atoms with Crippen LogP contribution in [0.4, 0.5) is 17.3 Å². The number of nitrogens with zero attached hydrogens (tertiary/aromatic N) is 5. The highest BCUT2D eigenvalue weighted by atomic mass is 16.5. The third-order valence-electron chi connectivity index (χ3n) is 5.11. The van der Waals surface area contributed by atoms with Crippen molar-refractivity contribution in [3.05, 3.63) is 36.4 Å². The van der Waals surface area contributed by atoms with Crippen molar-refractivity contribution in [1.82, 2.24) is 15.0 Å². The molecule has 9 nitrogen and oxygen atoms in total. The number of carbonyl (C=O) groups excluding carboxylic acids is 1. The number of carbonyl (C=O) groups is 1. The molecule has 2 aromatic rings. The van der Waals surface area contributed by atoms with Gasteiger partial charge in [0.25, 0.3) is 0 Å². The highest BCUT2D eigenvalue weighted by Crippen LogP contribution is 2.26. The number of β-amino-alcohol motifs (C(OH)–C–C–N with tert-alkyl or cyclic N) is 1. The zero-order valence-corrected chi connectivity index (χ0v) is 15.8. The molecule has 1 amide bonds. The Hall–Kier alpha value is -2.78. The number of aliphatic hydroxyl groups is 1. The van der Waals surface area contributed by atoms with Crippen LogP contribution in [-0.4, -0.2) is 71.0 Å². The molecule has 4 rings (SSSR count). The van der Waals surface area contributed by atoms with E-state index in [1.54, 1.807) is 12.3 Å². The van der Waals surface area contributed by atoms with E-state index in [4.69, 9.17) is 4.74 Å². The van der Waals surface area contributed by atoms with Crippen LogP contribution in [0.3, 0.4) is 0 Å². The molecule has 0 bridgehead atoms. The summed E-state index contributed by atoms with van der Waals surface area (Å²) in [6.45, 7) is 5.26. The molecule has 2 aliphatic heterocycles. The number of aliphatic hydroxyl groups excluding tert-OH is 1. The SMILES string of the molecule is Cc1nc(N2CCOCC2)ccc1NC(=O)C1CC(O)CN1c1ccncn1. The Morgan fingerprint density at radius 2 is 2.07 bits per heavy atom. The van der Waals surface area contributed by atoms with Crippen LogP contribution >= 0.6 is 0 Å². The number of aryl methyl sites for hydroxylation is 1. The van der Waals surface area contributed by atoms with Crippen LogP contribution in [0.15, 0.2) is 30.7 Å². The maximum absolute atomic E-state index is 12.9. The first-order valence-corrected chi connectivity index (χ1v) is 9.44. The van der Waals surface area contributed by atoms with Gasteiger partial charge >= 0.3 is 0 Å². The number of hydrogen-bond acceptors (Lipinski definition) is 8. The van der Waals surface area contributed by atoms with E-state index in [9.17, 15) is 9.90 Å². The molecule has 2 aliphatic rings. The second kappa shape index (κ2) is 8.07. The Morgan fingerprint density at radius 3 is 2.79 bits per heavy atom. The Balaban J connectivity index is 1.48. The highest BCUT2D eigenvalue weighted by molar-refractivity contribution is 5.97. The van der Waals surface area contributed by atoms with E-state index in [0.717, 1.165) is 24.6 Å². The molecular weight excluding hydrogens is 360 g/mol. The summed E-state index contributed by atoms with van der Waals surface area (Å²) in [5, 5.41) is 13.1. The lowest BCUT2D eigenvalue weighted by Gasteiger charge is -2.28. The lowest BCUT2D eigenvalue weighted by atomic mass is 10.1. The van der Waals surface area contributed by atoms with Gasteiger partial charge in [0.05, 0.1) is 30.7 Å². The van der Waals surface area contributed by atoms with Gasteiger partial charge in [0.1, 0.15) is 24.0 Å². The number of pyridine rings is 1. The number of anilines is 3. The summed E-state index contributed by atoms with van der Waals surface area (Å²) in [6.07, 6.45) is 2.84. The van der Waals surface area contributed by atoms with Crippen LogP contribution < -0.4 is 15.1 Å². The maximum Gasteiger partial charge on any atom is 0.247 e. The Morgan fingerprint density at radius 1 is 1.25 bits per heavy atom. The monoisotopic (exact) mass is 384 g/mol. The van der Waals surface area contributed by atoms with Gasteiger partial charge in [0.2, 0.25) is 5.91 Å². The van der Waals surface area contributed by atoms with Gasteiger partial charge in [0.15, 0.2) is 0 Å². The molecule has 148 valence electrons. The second-order valence-corrected chi connectivity index (χ2v) is 7.02. The van der Waals surface area contributed by atoms with Crippen LogP contribution in [0.2, 0.25) is 0 Å². The van der Waals surface area contributed by atoms with Gasteiger partial charge in [-0.05, 0) is 25.1 Å². The maximum atomic E-state index is 12.9. The molecular formula is C19H24N6O3. The molecule has 2 N–H and O–H groups in total. The summed E-state index contributed by atoms with van der Waals surface area (Å²) in [4.78, 5) is 29.7. The fraction of sp³-hybridized carbons (Fsp3) is 0.474. The molecule has 4 heterocycles. The van der Waals surface area contributed by atoms with E-state index >= 15 is 0 Å². The molecule has 2 atom stereocenters. The van der Waals surface area contributed by atoms with Crippen LogP contribution in [0.1, 0.15) is 12.1 Å². The van der Waals surface area contributed by atoms with Crippen molar-refractivity contribution in [3.63, 3.8) is 0 Å². The topological polar surface area (TPSA) is 104 Å². The zero-order chi connectivity index (χ0) is 19.5. The van der Waals surface area contributed by atoms with Crippen LogP contribution in [0.5, 0.6) is 0 Å². The standard InChI is InChI=1S/C19H24N6O3/c1-13-15(2-3-18(22-13)24-6-8-28-9-7-24)23-19(27)16-10-14(26)11-25(16)17-4-5-20-12-21-17/h2-5,12,14,16,26H,6-11H2,1H3,(H,23,27). The molecule has 2 saturated heterocycles. The average molecular weight is 384 g/mol. The molecule has 0 radical (unpaired) electrons. The quantitative estimate of drug-likeness (QED) is 0.790. The van der Waals surface area contributed by atoms with Crippen molar-refractivity contribution in [2.75, 3.05) is 48.0 Å². The number of amides is 1. The van der Waals surface area contributed by atoms with Crippen molar-refractivity contribution in [2.24, 2.45) is 0 Å². The zero-order valence-electron chi connectivity index (χ0n) is 15.8. The summed E-state index contributed by atoms with van der Waals surface area (Å²) in [5.74, 6) is 1.33. The lowest BCUT2D eigenvalue weighted by molar-refractivity contribution is -0.117. The fourth-order valence-electron chi connectivity index (χ4n) is 3.63. The van der Waals surface area contributed by atoms with Crippen molar-refractivity contribution in [1.29, 1.82) is 0 Å². The minimum Gasteiger partial charge on any atom is -0.391 e. The molecule has 9 heteroatoms. The van der Waals surface area contributed by atoms with Crippen molar-refractivity contribution < 1.29 is 14.6 Å².